The number of aliphatic imine (C=N–C) groups is 1. The molecular formula is C21H34ClN5O. The number of amides is 1. The molecule has 0 aromatic heterocycles. The van der Waals surface area contributed by atoms with Crippen molar-refractivity contribution >= 4 is 29.2 Å². The number of halogens is 1. The van der Waals surface area contributed by atoms with Crippen molar-refractivity contribution in [2.45, 2.75) is 52.0 Å². The minimum Gasteiger partial charge on any atom is -0.357 e. The van der Waals surface area contributed by atoms with E-state index in [4.69, 9.17) is 11.6 Å². The highest BCUT2D eigenvalue weighted by atomic mass is 35.5. The van der Waals surface area contributed by atoms with Gasteiger partial charge in [-0.25, -0.2) is 0 Å². The lowest BCUT2D eigenvalue weighted by Crippen LogP contribution is -2.48. The van der Waals surface area contributed by atoms with E-state index in [0.29, 0.717) is 30.5 Å². The number of benzene rings is 1. The van der Waals surface area contributed by atoms with Gasteiger partial charge in [-0.15, -0.1) is 0 Å². The van der Waals surface area contributed by atoms with Crippen LogP contribution in [0.4, 0.5) is 5.69 Å². The molecule has 0 atom stereocenters. The molecule has 6 nitrogen and oxygen atoms in total. The molecule has 1 amide bonds. The minimum atomic E-state index is -0.00113. The van der Waals surface area contributed by atoms with Crippen molar-refractivity contribution in [3.05, 3.63) is 29.3 Å². The topological polar surface area (TPSA) is 68.8 Å². The first-order valence-electron chi connectivity index (χ1n) is 10.4. The van der Waals surface area contributed by atoms with Crippen molar-refractivity contribution in [3.8, 4) is 0 Å². The van der Waals surface area contributed by atoms with Crippen LogP contribution < -0.4 is 16.0 Å². The zero-order valence-corrected chi connectivity index (χ0v) is 17.9. The van der Waals surface area contributed by atoms with Crippen LogP contribution >= 0.6 is 11.6 Å². The standard InChI is InChI=1S/C21H34ClN5O/c1-3-14-27-15-11-19(12-16-27)26-21(23-4-2)24-13-5-6-20(28)25-18-9-7-17(22)8-10-18/h7-10,19H,3-6,11-16H2,1-2H3,(H,25,28)(H2,23,24,26). The smallest absolute Gasteiger partial charge is 0.224 e. The molecule has 1 aromatic carbocycles. The third-order valence-corrected chi connectivity index (χ3v) is 5.02. The van der Waals surface area contributed by atoms with Crippen LogP contribution in [0.1, 0.15) is 46.0 Å². The van der Waals surface area contributed by atoms with Crippen LogP contribution in [0.5, 0.6) is 0 Å². The molecule has 7 heteroatoms. The van der Waals surface area contributed by atoms with Gasteiger partial charge in [-0.05, 0) is 63.4 Å². The molecule has 156 valence electrons. The lowest BCUT2D eigenvalue weighted by molar-refractivity contribution is -0.116. The third-order valence-electron chi connectivity index (χ3n) is 4.77. The molecule has 1 aliphatic heterocycles. The first-order valence-corrected chi connectivity index (χ1v) is 10.8. The van der Waals surface area contributed by atoms with Crippen molar-refractivity contribution in [1.29, 1.82) is 0 Å². The molecule has 1 heterocycles. The Morgan fingerprint density at radius 2 is 1.93 bits per heavy atom. The van der Waals surface area contributed by atoms with Crippen LogP contribution in [0, 0.1) is 0 Å². The van der Waals surface area contributed by atoms with Gasteiger partial charge in [-0.3, -0.25) is 9.79 Å². The highest BCUT2D eigenvalue weighted by Crippen LogP contribution is 2.14. The minimum absolute atomic E-state index is 0.00113. The van der Waals surface area contributed by atoms with Crippen LogP contribution in [0.25, 0.3) is 0 Å². The fourth-order valence-corrected chi connectivity index (χ4v) is 3.44. The fourth-order valence-electron chi connectivity index (χ4n) is 3.32. The fraction of sp³-hybridized carbons (Fsp3) is 0.619. The molecule has 1 saturated heterocycles. The second-order valence-electron chi connectivity index (χ2n) is 7.18. The van der Waals surface area contributed by atoms with Crippen molar-refractivity contribution < 1.29 is 4.79 Å². The van der Waals surface area contributed by atoms with Gasteiger partial charge in [0.25, 0.3) is 0 Å². The van der Waals surface area contributed by atoms with Gasteiger partial charge in [0, 0.05) is 49.4 Å². The molecule has 0 saturated carbocycles. The molecule has 0 radical (unpaired) electrons. The van der Waals surface area contributed by atoms with E-state index in [0.717, 1.165) is 44.1 Å². The monoisotopic (exact) mass is 407 g/mol. The summed E-state index contributed by atoms with van der Waals surface area (Å²) in [6.07, 6.45) is 4.67. The molecule has 0 aliphatic carbocycles. The summed E-state index contributed by atoms with van der Waals surface area (Å²) in [5, 5.41) is 10.4. The SMILES string of the molecule is CCCN1CCC(NC(=NCCCC(=O)Nc2ccc(Cl)cc2)NCC)CC1. The molecule has 1 fully saturated rings. The Bertz CT molecular complexity index is 612. The molecule has 28 heavy (non-hydrogen) atoms. The van der Waals surface area contributed by atoms with E-state index in [1.165, 1.54) is 13.0 Å². The number of hydrogen-bond acceptors (Lipinski definition) is 3. The highest BCUT2D eigenvalue weighted by molar-refractivity contribution is 6.30. The van der Waals surface area contributed by atoms with E-state index >= 15 is 0 Å². The van der Waals surface area contributed by atoms with Crippen LogP contribution in [-0.4, -0.2) is 55.5 Å². The van der Waals surface area contributed by atoms with E-state index < -0.39 is 0 Å². The largest absolute Gasteiger partial charge is 0.357 e. The summed E-state index contributed by atoms with van der Waals surface area (Å²) in [7, 11) is 0. The zero-order valence-electron chi connectivity index (χ0n) is 17.1. The Morgan fingerprint density at radius 1 is 1.21 bits per heavy atom. The normalized spacial score (nSPS) is 16.0. The maximum atomic E-state index is 12.0. The summed E-state index contributed by atoms with van der Waals surface area (Å²) >= 11 is 5.86. The van der Waals surface area contributed by atoms with Gasteiger partial charge in [0.2, 0.25) is 5.91 Å². The van der Waals surface area contributed by atoms with Crippen molar-refractivity contribution in [1.82, 2.24) is 15.5 Å². The summed E-state index contributed by atoms with van der Waals surface area (Å²) in [4.78, 5) is 19.2. The van der Waals surface area contributed by atoms with E-state index in [9.17, 15) is 4.79 Å². The number of nitrogens with one attached hydrogen (secondary N) is 3. The third kappa shape index (κ3) is 8.48. The Balaban J connectivity index is 1.70. The Kier molecular flexibility index (Phi) is 10.1. The van der Waals surface area contributed by atoms with E-state index in [1.807, 2.05) is 0 Å². The number of carbonyl (C=O) groups excluding carboxylic acids is 1. The number of piperidine rings is 1. The average molecular weight is 408 g/mol. The predicted octanol–water partition coefficient (Wildman–Crippen LogP) is 3.49. The van der Waals surface area contributed by atoms with Crippen LogP contribution in [0.15, 0.2) is 29.3 Å². The Morgan fingerprint density at radius 3 is 2.57 bits per heavy atom. The number of carbonyl (C=O) groups is 1. The van der Waals surface area contributed by atoms with Gasteiger partial charge >= 0.3 is 0 Å². The van der Waals surface area contributed by atoms with E-state index in [1.54, 1.807) is 24.3 Å². The Hall–Kier alpha value is -1.79. The molecule has 3 N–H and O–H groups in total. The predicted molar refractivity (Wildman–Crippen MR) is 118 cm³/mol. The number of likely N-dealkylation sites (tertiary alicyclic amines) is 1. The number of hydrogen-bond donors (Lipinski definition) is 3. The van der Waals surface area contributed by atoms with Crippen molar-refractivity contribution in [2.75, 3.05) is 38.0 Å². The molecule has 1 aromatic rings. The van der Waals surface area contributed by atoms with Crippen LogP contribution in [0.2, 0.25) is 5.02 Å². The van der Waals surface area contributed by atoms with Crippen molar-refractivity contribution in [3.63, 3.8) is 0 Å². The average Bonchev–Trinajstić information content (AvgIpc) is 2.69. The number of anilines is 1. The molecule has 1 aliphatic rings. The summed E-state index contributed by atoms with van der Waals surface area (Å²) < 4.78 is 0. The lowest BCUT2D eigenvalue weighted by Gasteiger charge is -2.32. The van der Waals surface area contributed by atoms with E-state index in [-0.39, 0.29) is 5.91 Å². The highest BCUT2D eigenvalue weighted by Gasteiger charge is 2.19. The van der Waals surface area contributed by atoms with Gasteiger partial charge in [-0.2, -0.15) is 0 Å². The van der Waals surface area contributed by atoms with Crippen molar-refractivity contribution in [2.24, 2.45) is 4.99 Å². The zero-order chi connectivity index (χ0) is 20.2. The number of rotatable bonds is 9. The van der Waals surface area contributed by atoms with Gasteiger partial charge in [0.05, 0.1) is 0 Å². The molecule has 0 unspecified atom stereocenters. The van der Waals surface area contributed by atoms with Gasteiger partial charge < -0.3 is 20.9 Å². The summed E-state index contributed by atoms with van der Waals surface area (Å²) in [5.74, 6) is 0.855. The molecule has 0 spiro atoms. The quantitative estimate of drug-likeness (QED) is 0.333. The van der Waals surface area contributed by atoms with Crippen LogP contribution in [0.3, 0.4) is 0 Å². The Labute approximate surface area is 174 Å². The second kappa shape index (κ2) is 12.6. The number of nitrogens with zero attached hydrogens (tertiary/aromatic N) is 2. The van der Waals surface area contributed by atoms with E-state index in [2.05, 4.69) is 39.7 Å². The van der Waals surface area contributed by atoms with Crippen LogP contribution in [-0.2, 0) is 4.79 Å². The maximum absolute atomic E-state index is 12.0. The van der Waals surface area contributed by atoms with Gasteiger partial charge in [-0.1, -0.05) is 18.5 Å². The first-order chi connectivity index (χ1) is 13.6. The second-order valence-corrected chi connectivity index (χ2v) is 7.62. The van der Waals surface area contributed by atoms with Gasteiger partial charge in [0.15, 0.2) is 5.96 Å². The summed E-state index contributed by atoms with van der Waals surface area (Å²) in [5.41, 5.74) is 0.766. The van der Waals surface area contributed by atoms with Gasteiger partial charge in [0.1, 0.15) is 0 Å². The lowest BCUT2D eigenvalue weighted by atomic mass is 10.1. The summed E-state index contributed by atoms with van der Waals surface area (Å²) in [6, 6.07) is 7.61. The molecule has 0 bridgehead atoms. The summed E-state index contributed by atoms with van der Waals surface area (Å²) in [6.45, 7) is 9.25. The molecular weight excluding hydrogens is 374 g/mol. The maximum Gasteiger partial charge on any atom is 0.224 e. The first kappa shape index (κ1) is 22.5. The molecule has 2 rings (SSSR count). The number of guanidine groups is 1.